The monoisotopic (exact) mass is 399 g/mol. The van der Waals surface area contributed by atoms with Crippen LogP contribution in [0.4, 0.5) is 0 Å². The van der Waals surface area contributed by atoms with Gasteiger partial charge in [0.15, 0.2) is 0 Å². The number of benzene rings is 1. The molecule has 2 aromatic rings. The van der Waals surface area contributed by atoms with Gasteiger partial charge in [0.25, 0.3) is 11.8 Å². The van der Waals surface area contributed by atoms with Gasteiger partial charge in [0.2, 0.25) is 0 Å². The molecular formula is C22H25NO4S. The third kappa shape index (κ3) is 4.94. The highest BCUT2D eigenvalue weighted by Gasteiger charge is 2.38. The number of ether oxygens (including phenoxy) is 1. The molecule has 1 aliphatic rings. The van der Waals surface area contributed by atoms with E-state index in [1.54, 1.807) is 6.26 Å². The summed E-state index contributed by atoms with van der Waals surface area (Å²) in [5.41, 5.74) is 1.25. The highest BCUT2D eigenvalue weighted by Crippen LogP contribution is 2.37. The fourth-order valence-electron chi connectivity index (χ4n) is 2.96. The maximum Gasteiger partial charge on any atom is 0.267 e. The van der Waals surface area contributed by atoms with Crippen LogP contribution < -0.4 is 0 Å². The molecule has 1 aromatic carbocycles. The molecule has 148 valence electrons. The van der Waals surface area contributed by atoms with Gasteiger partial charge in [0.1, 0.15) is 5.76 Å². The van der Waals surface area contributed by atoms with Crippen LogP contribution in [0.5, 0.6) is 0 Å². The van der Waals surface area contributed by atoms with Crippen LogP contribution in [-0.4, -0.2) is 36.5 Å². The van der Waals surface area contributed by atoms with Crippen LogP contribution in [0.1, 0.15) is 37.5 Å². The Kier molecular flexibility index (Phi) is 7.51. The minimum atomic E-state index is -0.230. The van der Waals surface area contributed by atoms with Crippen molar-refractivity contribution in [1.29, 1.82) is 0 Å². The van der Waals surface area contributed by atoms with Gasteiger partial charge < -0.3 is 9.15 Å². The van der Waals surface area contributed by atoms with E-state index in [-0.39, 0.29) is 11.8 Å². The Morgan fingerprint density at radius 2 is 1.79 bits per heavy atom. The Morgan fingerprint density at radius 3 is 2.50 bits per heavy atom. The molecule has 0 aliphatic carbocycles. The Bertz CT molecular complexity index is 814. The summed E-state index contributed by atoms with van der Waals surface area (Å²) in [5, 5.41) is 0. The number of rotatable bonds is 11. The summed E-state index contributed by atoms with van der Waals surface area (Å²) in [6, 6.07) is 13.1. The summed E-state index contributed by atoms with van der Waals surface area (Å²) in [5.74, 6) is 0.819. The number of amides is 2. The predicted molar refractivity (Wildman–Crippen MR) is 110 cm³/mol. The molecule has 0 unspecified atom stereocenters. The van der Waals surface area contributed by atoms with Gasteiger partial charge in [-0.15, -0.1) is 11.8 Å². The third-order valence-corrected chi connectivity index (χ3v) is 5.54. The summed E-state index contributed by atoms with van der Waals surface area (Å²) in [7, 11) is 0. The molecule has 6 heteroatoms. The van der Waals surface area contributed by atoms with Crippen molar-refractivity contribution >= 4 is 29.1 Å². The molecule has 0 spiro atoms. The number of hydrogen-bond acceptors (Lipinski definition) is 5. The first-order valence-electron chi connectivity index (χ1n) is 9.61. The average Bonchev–Trinajstić information content (AvgIpc) is 3.31. The second kappa shape index (κ2) is 10.3. The lowest BCUT2D eigenvalue weighted by atomic mass is 10.1. The van der Waals surface area contributed by atoms with Gasteiger partial charge in [0, 0.05) is 19.8 Å². The van der Waals surface area contributed by atoms with Gasteiger partial charge >= 0.3 is 0 Å². The molecule has 28 heavy (non-hydrogen) atoms. The zero-order valence-corrected chi connectivity index (χ0v) is 16.9. The minimum Gasteiger partial charge on any atom is -0.468 e. The minimum absolute atomic E-state index is 0.228. The van der Waals surface area contributed by atoms with E-state index in [1.807, 2.05) is 42.5 Å². The number of thioether (sulfide) groups is 1. The Labute approximate surface area is 169 Å². The normalized spacial score (nSPS) is 14.4. The van der Waals surface area contributed by atoms with Crippen molar-refractivity contribution in [2.24, 2.45) is 0 Å². The maximum atomic E-state index is 13.0. The Balaban J connectivity index is 1.71. The van der Waals surface area contributed by atoms with E-state index in [1.165, 1.54) is 16.7 Å². The van der Waals surface area contributed by atoms with Crippen molar-refractivity contribution in [3.8, 4) is 0 Å². The lowest BCUT2D eigenvalue weighted by molar-refractivity contribution is -0.136. The molecule has 0 atom stereocenters. The van der Waals surface area contributed by atoms with Crippen molar-refractivity contribution < 1.29 is 18.7 Å². The summed E-state index contributed by atoms with van der Waals surface area (Å²) in [4.78, 5) is 27.8. The topological polar surface area (TPSA) is 59.8 Å². The van der Waals surface area contributed by atoms with Gasteiger partial charge in [-0.05, 0) is 30.5 Å². The van der Waals surface area contributed by atoms with E-state index >= 15 is 0 Å². The zero-order valence-electron chi connectivity index (χ0n) is 16.1. The van der Waals surface area contributed by atoms with Crippen molar-refractivity contribution in [2.75, 3.05) is 19.8 Å². The highest BCUT2D eigenvalue weighted by atomic mass is 32.2. The molecule has 1 aromatic heterocycles. The van der Waals surface area contributed by atoms with Crippen LogP contribution in [0, 0.1) is 0 Å². The number of carbonyl (C=O) groups excluding carboxylic acids is 2. The van der Waals surface area contributed by atoms with E-state index in [0.717, 1.165) is 30.8 Å². The summed E-state index contributed by atoms with van der Waals surface area (Å²) in [6.45, 7) is 3.75. The Hall–Kier alpha value is -2.31. The second-order valence-corrected chi connectivity index (χ2v) is 7.51. The molecule has 0 saturated heterocycles. The summed E-state index contributed by atoms with van der Waals surface area (Å²) < 4.78 is 10.9. The average molecular weight is 400 g/mol. The molecule has 0 N–H and O–H groups in total. The lowest BCUT2D eigenvalue weighted by Crippen LogP contribution is -2.33. The molecule has 5 nitrogen and oxygen atoms in total. The number of imide groups is 1. The van der Waals surface area contributed by atoms with Crippen LogP contribution in [0.3, 0.4) is 0 Å². The van der Waals surface area contributed by atoms with E-state index in [4.69, 9.17) is 9.15 Å². The Morgan fingerprint density at radius 1 is 1.00 bits per heavy atom. The van der Waals surface area contributed by atoms with Gasteiger partial charge in [-0.3, -0.25) is 14.5 Å². The van der Waals surface area contributed by atoms with E-state index in [9.17, 15) is 9.59 Å². The van der Waals surface area contributed by atoms with Gasteiger partial charge in [0.05, 0.1) is 22.5 Å². The molecule has 1 aliphatic heterocycles. The maximum absolute atomic E-state index is 13.0. The molecule has 2 amide bonds. The zero-order chi connectivity index (χ0) is 19.8. The van der Waals surface area contributed by atoms with Crippen molar-refractivity contribution in [1.82, 2.24) is 4.90 Å². The fraction of sp³-hybridized carbons (Fsp3) is 0.364. The molecular weight excluding hydrogens is 374 g/mol. The van der Waals surface area contributed by atoms with Crippen molar-refractivity contribution in [3.05, 3.63) is 65.0 Å². The van der Waals surface area contributed by atoms with Crippen molar-refractivity contribution in [3.63, 3.8) is 0 Å². The number of nitrogens with zero attached hydrogens (tertiary/aromatic N) is 1. The smallest absolute Gasteiger partial charge is 0.267 e. The molecule has 3 rings (SSSR count). The largest absolute Gasteiger partial charge is 0.468 e. The second-order valence-electron chi connectivity index (χ2n) is 6.52. The SMILES string of the molecule is CCCCOCCCN1C(=O)C(SCc2ccco2)=C(c2ccccc2)C1=O. The standard InChI is InChI=1S/C22H25NO4S/c1-2-3-13-26-14-8-12-23-21(24)19(17-9-5-4-6-10-17)20(22(23)25)28-16-18-11-7-15-27-18/h4-7,9-11,15H,2-3,8,12-14,16H2,1H3. The van der Waals surface area contributed by atoms with Crippen LogP contribution in [0.25, 0.3) is 5.57 Å². The van der Waals surface area contributed by atoms with Gasteiger partial charge in [-0.25, -0.2) is 0 Å². The number of unbranched alkanes of at least 4 members (excludes halogenated alkanes) is 1. The number of hydrogen-bond donors (Lipinski definition) is 0. The first kappa shape index (κ1) is 20.4. The first-order valence-corrected chi connectivity index (χ1v) is 10.6. The quantitative estimate of drug-likeness (QED) is 0.411. The van der Waals surface area contributed by atoms with Crippen LogP contribution in [0.15, 0.2) is 58.1 Å². The van der Waals surface area contributed by atoms with E-state index in [0.29, 0.717) is 35.8 Å². The van der Waals surface area contributed by atoms with Crippen molar-refractivity contribution in [2.45, 2.75) is 31.9 Å². The molecule has 2 heterocycles. The molecule has 0 bridgehead atoms. The molecule has 0 fully saturated rings. The van der Waals surface area contributed by atoms with E-state index in [2.05, 4.69) is 6.92 Å². The third-order valence-electron chi connectivity index (χ3n) is 4.44. The lowest BCUT2D eigenvalue weighted by Gasteiger charge is -2.15. The first-order chi connectivity index (χ1) is 13.7. The number of carbonyl (C=O) groups is 2. The van der Waals surface area contributed by atoms with Crippen LogP contribution >= 0.6 is 11.8 Å². The predicted octanol–water partition coefficient (Wildman–Crippen LogP) is 4.50. The van der Waals surface area contributed by atoms with Gasteiger partial charge in [-0.1, -0.05) is 43.7 Å². The molecule has 0 saturated carbocycles. The van der Waals surface area contributed by atoms with Gasteiger partial charge in [-0.2, -0.15) is 0 Å². The van der Waals surface area contributed by atoms with Crippen LogP contribution in [-0.2, 0) is 20.1 Å². The molecule has 0 radical (unpaired) electrons. The van der Waals surface area contributed by atoms with E-state index < -0.39 is 0 Å². The highest BCUT2D eigenvalue weighted by molar-refractivity contribution is 8.03. The number of furan rings is 1. The summed E-state index contributed by atoms with van der Waals surface area (Å²) >= 11 is 1.35. The fourth-order valence-corrected chi connectivity index (χ4v) is 4.00. The van der Waals surface area contributed by atoms with Crippen LogP contribution in [0.2, 0.25) is 0 Å². The summed E-state index contributed by atoms with van der Waals surface area (Å²) in [6.07, 6.45) is 4.35.